The van der Waals surface area contributed by atoms with Crippen LogP contribution in [0.1, 0.15) is 40.0 Å². The van der Waals surface area contributed by atoms with Crippen LogP contribution in [0, 0.1) is 0 Å². The van der Waals surface area contributed by atoms with E-state index in [-0.39, 0.29) is 24.4 Å². The standard InChI is InChI=1S/C23H20ClN3O2S2/c24-20-14-7-1-3-10-17(14)30-21(20)22(29)25-13-19(28)27-12-6-5-9-16(27)23-26-15-8-2-4-11-18(15)31-23/h1-4,7-8,10-11,16H,5-6,9,12-13H2,(H,25,29)/t16-/m1/s1. The summed E-state index contributed by atoms with van der Waals surface area (Å²) in [5.74, 6) is -0.400. The van der Waals surface area contributed by atoms with Crippen molar-refractivity contribution in [3.63, 3.8) is 0 Å². The molecule has 0 saturated carbocycles. The molecule has 5 nitrogen and oxygen atoms in total. The van der Waals surface area contributed by atoms with Crippen LogP contribution in [-0.2, 0) is 4.79 Å². The molecule has 1 aliphatic rings. The van der Waals surface area contributed by atoms with Crippen molar-refractivity contribution in [3.05, 3.63) is 63.4 Å². The van der Waals surface area contributed by atoms with Crippen molar-refractivity contribution in [3.8, 4) is 0 Å². The van der Waals surface area contributed by atoms with E-state index in [2.05, 4.69) is 11.4 Å². The zero-order chi connectivity index (χ0) is 21.4. The number of fused-ring (bicyclic) bond motifs is 2. The number of thiazole rings is 1. The predicted octanol–water partition coefficient (Wildman–Crippen LogP) is 5.65. The van der Waals surface area contributed by atoms with Crippen molar-refractivity contribution >= 4 is 66.4 Å². The second-order valence-electron chi connectivity index (χ2n) is 7.54. The van der Waals surface area contributed by atoms with Gasteiger partial charge in [-0.2, -0.15) is 0 Å². The maximum atomic E-state index is 13.0. The fraction of sp³-hybridized carbons (Fsp3) is 0.261. The van der Waals surface area contributed by atoms with Crippen LogP contribution >= 0.6 is 34.3 Å². The van der Waals surface area contributed by atoms with Gasteiger partial charge in [0, 0.05) is 16.6 Å². The van der Waals surface area contributed by atoms with Crippen molar-refractivity contribution in [2.24, 2.45) is 0 Å². The van der Waals surface area contributed by atoms with Gasteiger partial charge in [-0.25, -0.2) is 4.98 Å². The molecule has 2 amide bonds. The van der Waals surface area contributed by atoms with Crippen LogP contribution in [0.2, 0.25) is 5.02 Å². The van der Waals surface area contributed by atoms with Gasteiger partial charge in [-0.3, -0.25) is 9.59 Å². The Morgan fingerprint density at radius 1 is 1.06 bits per heavy atom. The van der Waals surface area contributed by atoms with E-state index in [1.165, 1.54) is 11.3 Å². The number of aromatic nitrogens is 1. The third kappa shape index (κ3) is 3.93. The molecule has 1 N–H and O–H groups in total. The number of benzene rings is 2. The highest BCUT2D eigenvalue weighted by atomic mass is 35.5. The van der Waals surface area contributed by atoms with Gasteiger partial charge in [0.2, 0.25) is 5.91 Å². The zero-order valence-electron chi connectivity index (χ0n) is 16.6. The summed E-state index contributed by atoms with van der Waals surface area (Å²) in [6.07, 6.45) is 2.92. The van der Waals surface area contributed by atoms with E-state index in [0.717, 1.165) is 44.6 Å². The molecule has 0 radical (unpaired) electrons. The van der Waals surface area contributed by atoms with Crippen LogP contribution in [0.4, 0.5) is 0 Å². The van der Waals surface area contributed by atoms with Crippen molar-refractivity contribution in [2.75, 3.05) is 13.1 Å². The lowest BCUT2D eigenvalue weighted by Crippen LogP contribution is -2.44. The Morgan fingerprint density at radius 3 is 2.65 bits per heavy atom. The summed E-state index contributed by atoms with van der Waals surface area (Å²) in [7, 11) is 0. The topological polar surface area (TPSA) is 62.3 Å². The first kappa shape index (κ1) is 20.4. The molecule has 1 fully saturated rings. The lowest BCUT2D eigenvalue weighted by atomic mass is 10.0. The molecule has 2 aromatic carbocycles. The zero-order valence-corrected chi connectivity index (χ0v) is 19.0. The fourth-order valence-electron chi connectivity index (χ4n) is 4.02. The van der Waals surface area contributed by atoms with Gasteiger partial charge in [-0.15, -0.1) is 22.7 Å². The Balaban J connectivity index is 1.31. The first-order chi connectivity index (χ1) is 15.1. The van der Waals surface area contributed by atoms with E-state index in [0.29, 0.717) is 16.4 Å². The lowest BCUT2D eigenvalue weighted by molar-refractivity contribution is -0.133. The Morgan fingerprint density at radius 2 is 1.84 bits per heavy atom. The van der Waals surface area contributed by atoms with Crippen molar-refractivity contribution in [1.29, 1.82) is 0 Å². The molecule has 5 rings (SSSR count). The highest BCUT2D eigenvalue weighted by molar-refractivity contribution is 7.21. The monoisotopic (exact) mass is 469 g/mol. The predicted molar refractivity (Wildman–Crippen MR) is 127 cm³/mol. The van der Waals surface area contributed by atoms with Crippen LogP contribution in [0.25, 0.3) is 20.3 Å². The number of amides is 2. The van der Waals surface area contributed by atoms with Gasteiger partial charge in [0.15, 0.2) is 0 Å². The highest BCUT2D eigenvalue weighted by Crippen LogP contribution is 2.36. The second-order valence-corrected chi connectivity index (χ2v) is 10.0. The SMILES string of the molecule is O=C(NCC(=O)N1CCCC[C@@H]1c1nc2ccccc2s1)c1sc2ccccc2c1Cl. The van der Waals surface area contributed by atoms with E-state index in [4.69, 9.17) is 16.6 Å². The third-order valence-corrected chi connectivity index (χ3v) is 8.37. The number of piperidine rings is 1. The van der Waals surface area contributed by atoms with Crippen LogP contribution < -0.4 is 5.32 Å². The molecule has 0 unspecified atom stereocenters. The summed E-state index contributed by atoms with van der Waals surface area (Å²) >= 11 is 9.39. The molecule has 31 heavy (non-hydrogen) atoms. The summed E-state index contributed by atoms with van der Waals surface area (Å²) in [6, 6.07) is 15.6. The molecule has 0 bridgehead atoms. The minimum atomic E-state index is -0.312. The third-order valence-electron chi connectivity index (χ3n) is 5.56. The first-order valence-corrected chi connectivity index (χ1v) is 12.2. The number of hydrogen-bond donors (Lipinski definition) is 1. The van der Waals surface area contributed by atoms with Crippen LogP contribution in [0.3, 0.4) is 0 Å². The average Bonchev–Trinajstić information content (AvgIpc) is 3.39. The van der Waals surface area contributed by atoms with Crippen LogP contribution in [-0.4, -0.2) is 34.8 Å². The number of likely N-dealkylation sites (tertiary alicyclic amines) is 1. The summed E-state index contributed by atoms with van der Waals surface area (Å²) in [5.41, 5.74) is 0.966. The minimum Gasteiger partial charge on any atom is -0.342 e. The number of thiophene rings is 1. The van der Waals surface area contributed by atoms with Gasteiger partial charge in [-0.05, 0) is 37.5 Å². The molecule has 2 aromatic heterocycles. The van der Waals surface area contributed by atoms with Gasteiger partial charge in [-0.1, -0.05) is 41.9 Å². The Hall–Kier alpha value is -2.48. The van der Waals surface area contributed by atoms with E-state index in [1.807, 2.05) is 47.4 Å². The second kappa shape index (κ2) is 8.57. The Bertz CT molecular complexity index is 1250. The molecule has 3 heterocycles. The lowest BCUT2D eigenvalue weighted by Gasteiger charge is -2.34. The van der Waals surface area contributed by atoms with Crippen molar-refractivity contribution in [1.82, 2.24) is 15.2 Å². The number of nitrogens with one attached hydrogen (secondary N) is 1. The van der Waals surface area contributed by atoms with Gasteiger partial charge >= 0.3 is 0 Å². The largest absolute Gasteiger partial charge is 0.342 e. The van der Waals surface area contributed by atoms with Crippen LogP contribution in [0.5, 0.6) is 0 Å². The Kier molecular flexibility index (Phi) is 5.65. The maximum absolute atomic E-state index is 13.0. The molecular formula is C23H20ClN3O2S2. The number of para-hydroxylation sites is 1. The summed E-state index contributed by atoms with van der Waals surface area (Å²) in [4.78, 5) is 32.9. The number of halogens is 1. The molecule has 1 saturated heterocycles. The van der Waals surface area contributed by atoms with Crippen molar-refractivity contribution < 1.29 is 9.59 Å². The number of carbonyl (C=O) groups excluding carboxylic acids is 2. The molecule has 8 heteroatoms. The summed E-state index contributed by atoms with van der Waals surface area (Å²) in [6.45, 7) is 0.629. The summed E-state index contributed by atoms with van der Waals surface area (Å²) < 4.78 is 2.08. The molecular weight excluding hydrogens is 450 g/mol. The van der Waals surface area contributed by atoms with Gasteiger partial charge in [0.1, 0.15) is 9.88 Å². The molecule has 1 atom stereocenters. The number of nitrogens with zero attached hydrogens (tertiary/aromatic N) is 2. The quantitative estimate of drug-likeness (QED) is 0.420. The number of hydrogen-bond acceptors (Lipinski definition) is 5. The maximum Gasteiger partial charge on any atom is 0.263 e. The molecule has 0 spiro atoms. The van der Waals surface area contributed by atoms with E-state index >= 15 is 0 Å². The van der Waals surface area contributed by atoms with E-state index in [1.54, 1.807) is 11.3 Å². The van der Waals surface area contributed by atoms with Crippen molar-refractivity contribution in [2.45, 2.75) is 25.3 Å². The normalized spacial score (nSPS) is 16.7. The molecule has 0 aliphatic carbocycles. The fourth-order valence-corrected chi connectivity index (χ4v) is 6.57. The average molecular weight is 470 g/mol. The van der Waals surface area contributed by atoms with Gasteiger partial charge < -0.3 is 10.2 Å². The molecule has 158 valence electrons. The summed E-state index contributed by atoms with van der Waals surface area (Å²) in [5, 5.41) is 5.04. The van der Waals surface area contributed by atoms with E-state index in [9.17, 15) is 9.59 Å². The van der Waals surface area contributed by atoms with E-state index < -0.39 is 0 Å². The number of carbonyl (C=O) groups is 2. The first-order valence-electron chi connectivity index (χ1n) is 10.2. The van der Waals surface area contributed by atoms with Gasteiger partial charge in [0.25, 0.3) is 5.91 Å². The molecule has 4 aromatic rings. The van der Waals surface area contributed by atoms with Gasteiger partial charge in [0.05, 0.1) is 27.8 Å². The number of rotatable bonds is 4. The van der Waals surface area contributed by atoms with Crippen LogP contribution in [0.15, 0.2) is 48.5 Å². The Labute approximate surface area is 192 Å². The minimum absolute atomic E-state index is 0.0385. The molecule has 1 aliphatic heterocycles. The smallest absolute Gasteiger partial charge is 0.263 e. The highest BCUT2D eigenvalue weighted by Gasteiger charge is 2.30.